The van der Waals surface area contributed by atoms with Crippen molar-refractivity contribution in [3.05, 3.63) is 85.1 Å². The Balaban J connectivity index is 4.31. The number of phosphoric acid groups is 1. The van der Waals surface area contributed by atoms with Gasteiger partial charge >= 0.3 is 7.82 Å². The number of quaternary nitrogens is 1. The van der Waals surface area contributed by atoms with Crippen LogP contribution in [0, 0.1) is 0 Å². The topological polar surface area (TPSA) is 105 Å². The van der Waals surface area contributed by atoms with Crippen molar-refractivity contribution < 1.29 is 32.9 Å². The van der Waals surface area contributed by atoms with Crippen molar-refractivity contribution in [1.29, 1.82) is 0 Å². The van der Waals surface area contributed by atoms with Gasteiger partial charge in [0.2, 0.25) is 5.91 Å². The van der Waals surface area contributed by atoms with E-state index in [0.717, 1.165) is 89.9 Å². The van der Waals surface area contributed by atoms with Gasteiger partial charge in [-0.05, 0) is 70.6 Å². The van der Waals surface area contributed by atoms with Crippen LogP contribution in [0.15, 0.2) is 85.1 Å². The Morgan fingerprint density at radius 1 is 0.673 bits per heavy atom. The third kappa shape index (κ3) is 36.1. The average molecular weight is 748 g/mol. The molecule has 0 radical (unpaired) electrons. The first-order valence-corrected chi connectivity index (χ1v) is 21.5. The third-order valence-electron chi connectivity index (χ3n) is 8.08. The van der Waals surface area contributed by atoms with Crippen molar-refractivity contribution in [1.82, 2.24) is 5.32 Å². The van der Waals surface area contributed by atoms with Crippen LogP contribution in [0.2, 0.25) is 0 Å². The first-order valence-electron chi connectivity index (χ1n) is 20.0. The predicted octanol–water partition coefficient (Wildman–Crippen LogP) is 10.6. The van der Waals surface area contributed by atoms with E-state index in [1.807, 2.05) is 27.2 Å². The van der Waals surface area contributed by atoms with Crippen LogP contribution < -0.4 is 5.32 Å². The lowest BCUT2D eigenvalue weighted by atomic mass is 10.1. The highest BCUT2D eigenvalue weighted by atomic mass is 31.2. The molecule has 0 aliphatic heterocycles. The van der Waals surface area contributed by atoms with E-state index in [9.17, 15) is 19.4 Å². The Hall–Kier alpha value is -2.32. The van der Waals surface area contributed by atoms with Crippen LogP contribution in [0.3, 0.4) is 0 Å². The van der Waals surface area contributed by atoms with Crippen LogP contribution in [-0.4, -0.2) is 73.4 Å². The van der Waals surface area contributed by atoms with Gasteiger partial charge in [0, 0.05) is 6.42 Å². The summed E-state index contributed by atoms with van der Waals surface area (Å²) in [5.74, 6) is -0.209. The monoisotopic (exact) mass is 748 g/mol. The molecule has 0 bridgehead atoms. The maximum atomic E-state index is 12.8. The summed E-state index contributed by atoms with van der Waals surface area (Å²) in [6.07, 6.45) is 46.8. The number of aliphatic hydroxyl groups excluding tert-OH is 1. The van der Waals surface area contributed by atoms with Crippen LogP contribution in [0.25, 0.3) is 0 Å². The fraction of sp³-hybridized carbons (Fsp3) is 0.651. The molecule has 3 atom stereocenters. The van der Waals surface area contributed by atoms with Gasteiger partial charge in [-0.15, -0.1) is 0 Å². The predicted molar refractivity (Wildman–Crippen MR) is 221 cm³/mol. The summed E-state index contributed by atoms with van der Waals surface area (Å²) in [4.78, 5) is 22.9. The van der Waals surface area contributed by atoms with E-state index in [-0.39, 0.29) is 19.1 Å². The van der Waals surface area contributed by atoms with Crippen molar-refractivity contribution in [2.75, 3.05) is 40.9 Å². The molecule has 0 rings (SSSR count). The molecule has 8 nitrogen and oxygen atoms in total. The van der Waals surface area contributed by atoms with Crippen LogP contribution in [0.1, 0.15) is 129 Å². The molecular weight excluding hydrogens is 671 g/mol. The highest BCUT2D eigenvalue weighted by Crippen LogP contribution is 2.43. The van der Waals surface area contributed by atoms with E-state index in [1.54, 1.807) is 6.08 Å². The smallest absolute Gasteiger partial charge is 0.387 e. The molecule has 0 saturated heterocycles. The molecule has 0 spiro atoms. The third-order valence-corrected chi connectivity index (χ3v) is 9.06. The molecule has 3 N–H and O–H groups in total. The first kappa shape index (κ1) is 49.7. The highest BCUT2D eigenvalue weighted by molar-refractivity contribution is 7.47. The Morgan fingerprint density at radius 3 is 1.75 bits per heavy atom. The van der Waals surface area contributed by atoms with E-state index in [0.29, 0.717) is 17.4 Å². The molecule has 298 valence electrons. The summed E-state index contributed by atoms with van der Waals surface area (Å²) in [7, 11) is 1.52. The Labute approximate surface area is 318 Å². The van der Waals surface area contributed by atoms with Gasteiger partial charge in [-0.2, -0.15) is 0 Å². The zero-order valence-corrected chi connectivity index (χ0v) is 34.4. The molecule has 0 saturated carbocycles. The summed E-state index contributed by atoms with van der Waals surface area (Å²) >= 11 is 0. The van der Waals surface area contributed by atoms with Gasteiger partial charge in [0.1, 0.15) is 13.2 Å². The lowest BCUT2D eigenvalue weighted by molar-refractivity contribution is -0.870. The zero-order valence-electron chi connectivity index (χ0n) is 33.5. The number of nitrogens with zero attached hydrogens (tertiary/aromatic N) is 1. The maximum Gasteiger partial charge on any atom is 0.472 e. The molecule has 52 heavy (non-hydrogen) atoms. The second-order valence-corrected chi connectivity index (χ2v) is 15.7. The average Bonchev–Trinajstić information content (AvgIpc) is 3.09. The number of aliphatic hydroxyl groups is 1. The van der Waals surface area contributed by atoms with Crippen LogP contribution in [0.5, 0.6) is 0 Å². The van der Waals surface area contributed by atoms with Crippen LogP contribution in [0.4, 0.5) is 0 Å². The second kappa shape index (κ2) is 34.4. The van der Waals surface area contributed by atoms with Gasteiger partial charge in [-0.25, -0.2) is 4.57 Å². The van der Waals surface area contributed by atoms with Crippen molar-refractivity contribution in [2.24, 2.45) is 0 Å². The molecule has 0 aromatic carbocycles. The molecule has 3 unspecified atom stereocenters. The largest absolute Gasteiger partial charge is 0.472 e. The molecule has 0 aromatic heterocycles. The number of allylic oxidation sites excluding steroid dienone is 13. The number of phosphoric ester groups is 1. The number of amides is 1. The van der Waals surface area contributed by atoms with Crippen molar-refractivity contribution in [2.45, 2.75) is 142 Å². The fourth-order valence-corrected chi connectivity index (χ4v) is 5.65. The molecular formula is C43H76N2O6P+. The number of carbonyl (C=O) groups excluding carboxylic acids is 1. The van der Waals surface area contributed by atoms with E-state index in [2.05, 4.69) is 92.1 Å². The molecule has 0 aliphatic rings. The minimum absolute atomic E-state index is 0.0482. The summed E-state index contributed by atoms with van der Waals surface area (Å²) < 4.78 is 23.3. The van der Waals surface area contributed by atoms with Crippen molar-refractivity contribution in [3.8, 4) is 0 Å². The van der Waals surface area contributed by atoms with Crippen molar-refractivity contribution >= 4 is 13.7 Å². The summed E-state index contributed by atoms with van der Waals surface area (Å²) in [5.41, 5.74) is 0. The molecule has 0 heterocycles. The summed E-state index contributed by atoms with van der Waals surface area (Å²) in [6, 6.07) is -0.871. The molecule has 0 aliphatic carbocycles. The van der Waals surface area contributed by atoms with Gasteiger partial charge < -0.3 is 19.8 Å². The molecule has 1 amide bonds. The van der Waals surface area contributed by atoms with Crippen molar-refractivity contribution in [3.63, 3.8) is 0 Å². The van der Waals surface area contributed by atoms with Gasteiger partial charge in [0.25, 0.3) is 0 Å². The fourth-order valence-electron chi connectivity index (χ4n) is 4.91. The second-order valence-electron chi connectivity index (χ2n) is 14.3. The Kier molecular flexibility index (Phi) is 32.9. The first-order chi connectivity index (χ1) is 25.0. The maximum absolute atomic E-state index is 12.8. The van der Waals surface area contributed by atoms with Gasteiger partial charge in [-0.1, -0.05) is 137 Å². The quantitative estimate of drug-likeness (QED) is 0.0262. The normalized spacial score (nSPS) is 15.4. The van der Waals surface area contributed by atoms with Crippen LogP contribution >= 0.6 is 7.82 Å². The van der Waals surface area contributed by atoms with E-state index in [1.165, 1.54) is 19.3 Å². The summed E-state index contributed by atoms with van der Waals surface area (Å²) in [5, 5.41) is 13.6. The molecule has 0 aromatic rings. The van der Waals surface area contributed by atoms with Gasteiger partial charge in [0.05, 0.1) is 39.9 Å². The number of hydrogen-bond acceptors (Lipinski definition) is 5. The van der Waals surface area contributed by atoms with Crippen LogP contribution in [-0.2, 0) is 18.4 Å². The number of hydrogen-bond donors (Lipinski definition) is 3. The van der Waals surface area contributed by atoms with Gasteiger partial charge in [0.15, 0.2) is 0 Å². The molecule has 0 fully saturated rings. The Morgan fingerprint density at radius 2 is 1.17 bits per heavy atom. The zero-order chi connectivity index (χ0) is 38.6. The standard InChI is InChI=1S/C43H75N2O6P/c1-6-8-10-12-14-15-16-17-18-19-20-21-22-23-24-25-26-27-28-29-31-33-35-37-43(47)44-41(42(46)36-34-32-30-13-11-9-7-2)40-51-52(48,49)50-39-38-45(3,4)5/h8,10-11,13-15,17-18,20-21,23-24,34,36,41-42,46H,6-7,9,12,16,19,22,25-33,35,37-40H2,1-5H3,(H-,44,47,48,49)/p+1/b10-8-,13-11+,15-14-,18-17-,21-20-,24-23-,36-34+. The lowest BCUT2D eigenvalue weighted by Gasteiger charge is -2.25. The number of carbonyl (C=O) groups is 1. The molecule has 9 heteroatoms. The SMILES string of the molecule is CC/C=C\C/C=C\C/C=C\C/C=C\C/C=C\CCCCCCCCCC(=O)NC(COP(=O)(O)OCC[N+](C)(C)C)C(O)/C=C/CC/C=C/CCC. The minimum atomic E-state index is -4.34. The minimum Gasteiger partial charge on any atom is -0.387 e. The number of rotatable bonds is 34. The Bertz CT molecular complexity index is 1120. The van der Waals surface area contributed by atoms with E-state index < -0.39 is 20.0 Å². The summed E-state index contributed by atoms with van der Waals surface area (Å²) in [6.45, 7) is 4.52. The van der Waals surface area contributed by atoms with E-state index in [4.69, 9.17) is 9.05 Å². The highest BCUT2D eigenvalue weighted by Gasteiger charge is 2.27. The van der Waals surface area contributed by atoms with Gasteiger partial charge in [-0.3, -0.25) is 13.8 Å². The number of unbranched alkanes of at least 4 members (excludes halogenated alkanes) is 9. The van der Waals surface area contributed by atoms with E-state index >= 15 is 0 Å². The number of likely N-dealkylation sites (N-methyl/N-ethyl adjacent to an activating group) is 1. The lowest BCUT2D eigenvalue weighted by Crippen LogP contribution is -2.45. The number of nitrogens with one attached hydrogen (secondary N) is 1.